The van der Waals surface area contributed by atoms with Gasteiger partial charge in [-0.25, -0.2) is 4.68 Å². The summed E-state index contributed by atoms with van der Waals surface area (Å²) >= 11 is 0. The number of hydrogen-bond donors (Lipinski definition) is 2. The van der Waals surface area contributed by atoms with Gasteiger partial charge in [0.2, 0.25) is 5.78 Å². The summed E-state index contributed by atoms with van der Waals surface area (Å²) in [7, 11) is 0. The van der Waals surface area contributed by atoms with Crippen LogP contribution in [0.4, 0.5) is 0 Å². The van der Waals surface area contributed by atoms with Gasteiger partial charge in [-0.3, -0.25) is 9.59 Å². The first kappa shape index (κ1) is 14.4. The molecule has 2 atom stereocenters. The maximum absolute atomic E-state index is 12.5. The minimum absolute atomic E-state index is 0.0442. The minimum atomic E-state index is -0.863. The summed E-state index contributed by atoms with van der Waals surface area (Å²) in [5, 5.41) is 16.6. The molecule has 0 saturated carbocycles. The van der Waals surface area contributed by atoms with E-state index in [0.717, 1.165) is 0 Å². The number of nitrogens with two attached hydrogens (primary N) is 1. The SMILES string of the molecule is NC(=O)c1nnn(C2CCC(CO)O2)c1C(=O)c1ccco1. The average molecular weight is 306 g/mol. The third-order valence-corrected chi connectivity index (χ3v) is 3.45. The summed E-state index contributed by atoms with van der Waals surface area (Å²) in [5.74, 6) is -1.37. The molecule has 0 radical (unpaired) electrons. The summed E-state index contributed by atoms with van der Waals surface area (Å²) < 4.78 is 11.9. The molecule has 0 bridgehead atoms. The second-order valence-electron chi connectivity index (χ2n) is 4.87. The number of aliphatic hydroxyl groups excluding tert-OH is 1. The second-order valence-corrected chi connectivity index (χ2v) is 4.87. The number of rotatable bonds is 5. The highest BCUT2D eigenvalue weighted by molar-refractivity contribution is 6.11. The van der Waals surface area contributed by atoms with Gasteiger partial charge < -0.3 is 20.0 Å². The van der Waals surface area contributed by atoms with Crippen LogP contribution in [0.5, 0.6) is 0 Å². The Hall–Kier alpha value is -2.52. The van der Waals surface area contributed by atoms with E-state index in [1.165, 1.54) is 17.0 Å². The molecule has 3 heterocycles. The third-order valence-electron chi connectivity index (χ3n) is 3.45. The number of furan rings is 1. The van der Waals surface area contributed by atoms with E-state index in [-0.39, 0.29) is 29.9 Å². The van der Waals surface area contributed by atoms with Gasteiger partial charge >= 0.3 is 0 Å². The molecule has 0 spiro atoms. The maximum atomic E-state index is 12.5. The number of hydrogen-bond acceptors (Lipinski definition) is 7. The molecule has 22 heavy (non-hydrogen) atoms. The smallest absolute Gasteiger partial charge is 0.271 e. The van der Waals surface area contributed by atoms with Crippen LogP contribution < -0.4 is 5.73 Å². The fraction of sp³-hybridized carbons (Fsp3) is 0.385. The molecule has 2 aromatic rings. The number of ether oxygens (including phenoxy) is 1. The van der Waals surface area contributed by atoms with Crippen LogP contribution in [-0.4, -0.2) is 44.5 Å². The lowest BCUT2D eigenvalue weighted by atomic mass is 10.1. The van der Waals surface area contributed by atoms with Crippen molar-refractivity contribution in [1.29, 1.82) is 0 Å². The number of nitrogens with zero attached hydrogens (tertiary/aromatic N) is 3. The molecule has 1 amide bonds. The minimum Gasteiger partial charge on any atom is -0.461 e. The Labute approximate surface area is 124 Å². The first-order valence-corrected chi connectivity index (χ1v) is 6.71. The van der Waals surface area contributed by atoms with Crippen molar-refractivity contribution >= 4 is 11.7 Å². The van der Waals surface area contributed by atoms with Crippen LogP contribution in [0.25, 0.3) is 0 Å². The lowest BCUT2D eigenvalue weighted by Gasteiger charge is -2.14. The van der Waals surface area contributed by atoms with Gasteiger partial charge in [-0.2, -0.15) is 0 Å². The Morgan fingerprint density at radius 3 is 2.86 bits per heavy atom. The molecule has 0 aliphatic carbocycles. The Bertz CT molecular complexity index is 693. The van der Waals surface area contributed by atoms with Gasteiger partial charge in [-0.05, 0) is 25.0 Å². The van der Waals surface area contributed by atoms with E-state index < -0.39 is 17.9 Å². The lowest BCUT2D eigenvalue weighted by molar-refractivity contribution is -0.0298. The molecule has 2 unspecified atom stereocenters. The zero-order valence-electron chi connectivity index (χ0n) is 11.5. The molecule has 3 rings (SSSR count). The zero-order valence-corrected chi connectivity index (χ0v) is 11.5. The molecule has 9 nitrogen and oxygen atoms in total. The van der Waals surface area contributed by atoms with Gasteiger partial charge in [0.1, 0.15) is 5.69 Å². The van der Waals surface area contributed by atoms with Crippen LogP contribution in [-0.2, 0) is 4.74 Å². The number of carbonyl (C=O) groups is 2. The van der Waals surface area contributed by atoms with Crippen molar-refractivity contribution in [2.24, 2.45) is 5.73 Å². The Morgan fingerprint density at radius 1 is 1.45 bits per heavy atom. The van der Waals surface area contributed by atoms with Crippen LogP contribution in [0, 0.1) is 0 Å². The molecular weight excluding hydrogens is 292 g/mol. The van der Waals surface area contributed by atoms with E-state index in [0.29, 0.717) is 12.8 Å². The fourth-order valence-corrected chi connectivity index (χ4v) is 2.40. The van der Waals surface area contributed by atoms with Crippen molar-refractivity contribution < 1.29 is 23.8 Å². The molecule has 2 aromatic heterocycles. The van der Waals surface area contributed by atoms with Crippen LogP contribution in [0.2, 0.25) is 0 Å². The number of primary amides is 1. The van der Waals surface area contributed by atoms with Crippen LogP contribution in [0.15, 0.2) is 22.8 Å². The molecule has 1 saturated heterocycles. The van der Waals surface area contributed by atoms with Crippen LogP contribution in [0.3, 0.4) is 0 Å². The van der Waals surface area contributed by atoms with Gasteiger partial charge in [0.15, 0.2) is 17.7 Å². The van der Waals surface area contributed by atoms with E-state index in [1.807, 2.05) is 0 Å². The number of ketones is 1. The van der Waals surface area contributed by atoms with E-state index >= 15 is 0 Å². The number of aromatic nitrogens is 3. The van der Waals surface area contributed by atoms with Crippen LogP contribution in [0.1, 0.15) is 45.8 Å². The van der Waals surface area contributed by atoms with E-state index in [4.69, 9.17) is 20.0 Å². The van der Waals surface area contributed by atoms with E-state index in [9.17, 15) is 9.59 Å². The van der Waals surface area contributed by atoms with Crippen molar-refractivity contribution in [3.63, 3.8) is 0 Å². The molecule has 1 aliphatic heterocycles. The van der Waals surface area contributed by atoms with Crippen molar-refractivity contribution in [3.05, 3.63) is 35.5 Å². The molecular formula is C13H14N4O5. The van der Waals surface area contributed by atoms with Gasteiger partial charge in [-0.15, -0.1) is 5.10 Å². The maximum Gasteiger partial charge on any atom is 0.271 e. The van der Waals surface area contributed by atoms with E-state index in [1.54, 1.807) is 6.07 Å². The molecule has 116 valence electrons. The molecule has 1 aliphatic rings. The Morgan fingerprint density at radius 2 is 2.27 bits per heavy atom. The molecule has 3 N–H and O–H groups in total. The summed E-state index contributed by atoms with van der Waals surface area (Å²) in [6.07, 6.45) is 1.57. The highest BCUT2D eigenvalue weighted by Gasteiger charge is 2.34. The summed E-state index contributed by atoms with van der Waals surface area (Å²) in [5.41, 5.74) is 4.94. The monoisotopic (exact) mass is 306 g/mol. The van der Waals surface area contributed by atoms with Gasteiger partial charge in [0.05, 0.1) is 19.0 Å². The Kier molecular flexibility index (Phi) is 3.73. The fourth-order valence-electron chi connectivity index (χ4n) is 2.40. The summed E-state index contributed by atoms with van der Waals surface area (Å²) in [6.45, 7) is -0.130. The summed E-state index contributed by atoms with van der Waals surface area (Å²) in [6, 6.07) is 3.02. The molecule has 9 heteroatoms. The average Bonchev–Trinajstić information content (AvgIpc) is 3.24. The normalized spacial score (nSPS) is 21.1. The molecule has 0 aromatic carbocycles. The molecule has 1 fully saturated rings. The van der Waals surface area contributed by atoms with Gasteiger partial charge in [0, 0.05) is 0 Å². The highest BCUT2D eigenvalue weighted by Crippen LogP contribution is 2.29. The standard InChI is InChI=1S/C13H14N4O5/c14-13(20)10-11(12(19)8-2-1-5-21-8)17(16-15-10)9-4-3-7(6-18)22-9/h1-2,5,7,9,18H,3-4,6H2,(H2,14,20). The topological polar surface area (TPSA) is 133 Å². The van der Waals surface area contributed by atoms with Gasteiger partial charge in [-0.1, -0.05) is 5.21 Å². The predicted octanol–water partition coefficient (Wildman–Crippen LogP) is -0.129. The number of amides is 1. The first-order valence-electron chi connectivity index (χ1n) is 6.71. The predicted molar refractivity (Wildman–Crippen MR) is 70.9 cm³/mol. The lowest BCUT2D eigenvalue weighted by Crippen LogP contribution is -2.22. The summed E-state index contributed by atoms with van der Waals surface area (Å²) in [4.78, 5) is 24.0. The Balaban J connectivity index is 2.01. The van der Waals surface area contributed by atoms with Gasteiger partial charge in [0.25, 0.3) is 5.91 Å². The van der Waals surface area contributed by atoms with Crippen molar-refractivity contribution in [2.45, 2.75) is 25.2 Å². The van der Waals surface area contributed by atoms with Crippen LogP contribution >= 0.6 is 0 Å². The first-order chi connectivity index (χ1) is 10.6. The van der Waals surface area contributed by atoms with E-state index in [2.05, 4.69) is 10.3 Å². The number of aliphatic hydroxyl groups is 1. The largest absolute Gasteiger partial charge is 0.461 e. The third kappa shape index (κ3) is 2.40. The van der Waals surface area contributed by atoms with Crippen molar-refractivity contribution in [1.82, 2.24) is 15.0 Å². The van der Waals surface area contributed by atoms with Crippen molar-refractivity contribution in [3.8, 4) is 0 Å². The van der Waals surface area contributed by atoms with Crippen molar-refractivity contribution in [2.75, 3.05) is 6.61 Å². The second kappa shape index (κ2) is 5.70. The quantitative estimate of drug-likeness (QED) is 0.735. The highest BCUT2D eigenvalue weighted by atomic mass is 16.5. The number of carbonyl (C=O) groups excluding carboxylic acids is 2. The zero-order chi connectivity index (χ0) is 15.7.